The lowest BCUT2D eigenvalue weighted by Gasteiger charge is -2.41. The number of hydrogen-bond donors (Lipinski definition) is 1. The van der Waals surface area contributed by atoms with Gasteiger partial charge in [-0.05, 0) is 43.9 Å². The molecule has 0 spiro atoms. The topological polar surface area (TPSA) is 49.2 Å². The molecule has 4 rings (SSSR count). The lowest BCUT2D eigenvalue weighted by Crippen LogP contribution is -2.42. The van der Waals surface area contributed by atoms with Gasteiger partial charge >= 0.3 is 0 Å². The maximum absolute atomic E-state index is 11.6. The van der Waals surface area contributed by atoms with E-state index in [2.05, 4.69) is 46.1 Å². The standard InChI is InChI=1S/C21H27N3OS/c1-15-5-7-18(8-6-15)21(25)9-3-4-17-13-24(14-19(17)21)12-16-10-22-20(26-2)23-11-16/h5-8,10-11,17,19,25H,3-4,9,12-14H2,1-2H3/t17-,19+,21+/m0/s1. The third-order valence-electron chi connectivity index (χ3n) is 6.08. The van der Waals surface area contributed by atoms with Gasteiger partial charge < -0.3 is 5.11 Å². The normalized spacial score (nSPS) is 28.9. The zero-order valence-electron chi connectivity index (χ0n) is 15.6. The van der Waals surface area contributed by atoms with Gasteiger partial charge in [-0.3, -0.25) is 4.90 Å². The lowest BCUT2D eigenvalue weighted by atomic mass is 9.67. The molecular formula is C21H27N3OS. The maximum atomic E-state index is 11.6. The highest BCUT2D eigenvalue weighted by atomic mass is 32.2. The second-order valence-electron chi connectivity index (χ2n) is 7.82. The van der Waals surface area contributed by atoms with E-state index in [9.17, 15) is 5.11 Å². The molecule has 0 radical (unpaired) electrons. The minimum absolute atomic E-state index is 0.311. The molecule has 5 heteroatoms. The van der Waals surface area contributed by atoms with Gasteiger partial charge in [0.15, 0.2) is 5.16 Å². The number of fused-ring (bicyclic) bond motifs is 1. The van der Waals surface area contributed by atoms with E-state index in [1.165, 1.54) is 12.0 Å². The summed E-state index contributed by atoms with van der Waals surface area (Å²) in [7, 11) is 0. The third-order valence-corrected chi connectivity index (χ3v) is 6.66. The molecule has 3 atom stereocenters. The van der Waals surface area contributed by atoms with E-state index >= 15 is 0 Å². The molecule has 2 aliphatic rings. The minimum atomic E-state index is -0.690. The predicted molar refractivity (Wildman–Crippen MR) is 105 cm³/mol. The van der Waals surface area contributed by atoms with Crippen LogP contribution in [0.25, 0.3) is 0 Å². The molecular weight excluding hydrogens is 342 g/mol. The van der Waals surface area contributed by atoms with Gasteiger partial charge in [-0.1, -0.05) is 41.6 Å². The average molecular weight is 370 g/mol. The van der Waals surface area contributed by atoms with Gasteiger partial charge in [-0.2, -0.15) is 0 Å². The minimum Gasteiger partial charge on any atom is -0.385 e. The third kappa shape index (κ3) is 3.40. The van der Waals surface area contributed by atoms with E-state index in [0.29, 0.717) is 11.8 Å². The smallest absolute Gasteiger partial charge is 0.187 e. The van der Waals surface area contributed by atoms with Gasteiger partial charge in [0.05, 0.1) is 5.60 Å². The molecule has 1 aliphatic carbocycles. The van der Waals surface area contributed by atoms with Crippen LogP contribution in [0.15, 0.2) is 41.8 Å². The molecule has 1 aromatic heterocycles. The molecule has 2 aromatic rings. The van der Waals surface area contributed by atoms with Crippen LogP contribution in [0.4, 0.5) is 0 Å². The Morgan fingerprint density at radius 3 is 2.62 bits per heavy atom. The number of aryl methyl sites for hydroxylation is 1. The second kappa shape index (κ2) is 7.29. The Bertz CT molecular complexity index is 749. The first-order valence-corrected chi connectivity index (χ1v) is 10.7. The highest BCUT2D eigenvalue weighted by Gasteiger charge is 2.49. The zero-order valence-corrected chi connectivity index (χ0v) is 16.4. The van der Waals surface area contributed by atoms with Gasteiger partial charge in [0.1, 0.15) is 0 Å². The first-order valence-electron chi connectivity index (χ1n) is 9.45. The number of aliphatic hydroxyl groups is 1. The Kier molecular flexibility index (Phi) is 5.04. The molecule has 0 bridgehead atoms. The number of aromatic nitrogens is 2. The van der Waals surface area contributed by atoms with Crippen molar-refractivity contribution in [2.24, 2.45) is 11.8 Å². The van der Waals surface area contributed by atoms with Crippen LogP contribution in [0.2, 0.25) is 0 Å². The van der Waals surface area contributed by atoms with Crippen molar-refractivity contribution in [2.45, 2.75) is 43.5 Å². The van der Waals surface area contributed by atoms with Crippen LogP contribution >= 0.6 is 11.8 Å². The fourth-order valence-electron chi connectivity index (χ4n) is 4.73. The van der Waals surface area contributed by atoms with Crippen LogP contribution < -0.4 is 0 Å². The Hall–Kier alpha value is -1.43. The summed E-state index contributed by atoms with van der Waals surface area (Å²) in [5.41, 5.74) is 2.80. The number of rotatable bonds is 4. The van der Waals surface area contributed by atoms with E-state index in [0.717, 1.165) is 48.8 Å². The zero-order chi connectivity index (χ0) is 18.1. The van der Waals surface area contributed by atoms with Crippen molar-refractivity contribution in [3.8, 4) is 0 Å². The van der Waals surface area contributed by atoms with E-state index in [1.54, 1.807) is 11.8 Å². The van der Waals surface area contributed by atoms with Gasteiger partial charge in [0.2, 0.25) is 0 Å². The van der Waals surface area contributed by atoms with Gasteiger partial charge in [0, 0.05) is 43.5 Å². The van der Waals surface area contributed by atoms with Crippen molar-refractivity contribution in [1.82, 2.24) is 14.9 Å². The predicted octanol–water partition coefficient (Wildman–Crippen LogP) is 3.63. The summed E-state index contributed by atoms with van der Waals surface area (Å²) in [5, 5.41) is 12.4. The quantitative estimate of drug-likeness (QED) is 0.659. The van der Waals surface area contributed by atoms with Crippen molar-refractivity contribution >= 4 is 11.8 Å². The van der Waals surface area contributed by atoms with Gasteiger partial charge in [0.25, 0.3) is 0 Å². The number of thioether (sulfide) groups is 1. The highest BCUT2D eigenvalue weighted by Crippen LogP contribution is 2.48. The summed E-state index contributed by atoms with van der Waals surface area (Å²) in [6.45, 7) is 4.97. The van der Waals surface area contributed by atoms with Crippen molar-refractivity contribution in [2.75, 3.05) is 19.3 Å². The number of likely N-dealkylation sites (tertiary alicyclic amines) is 1. The lowest BCUT2D eigenvalue weighted by molar-refractivity contribution is -0.0648. The fourth-order valence-corrected chi connectivity index (χ4v) is 5.05. The summed E-state index contributed by atoms with van der Waals surface area (Å²) >= 11 is 1.57. The van der Waals surface area contributed by atoms with E-state index in [1.807, 2.05) is 18.6 Å². The SMILES string of the molecule is CSc1ncc(CN2C[C@@H]3CCC[C@@](O)(c4ccc(C)cc4)[C@@H]3C2)cn1. The van der Waals surface area contributed by atoms with E-state index in [-0.39, 0.29) is 0 Å². The maximum Gasteiger partial charge on any atom is 0.187 e. The number of hydrogen-bond acceptors (Lipinski definition) is 5. The molecule has 0 unspecified atom stereocenters. The molecule has 2 heterocycles. The highest BCUT2D eigenvalue weighted by molar-refractivity contribution is 7.98. The molecule has 2 fully saturated rings. The molecule has 1 saturated carbocycles. The van der Waals surface area contributed by atoms with Crippen molar-refractivity contribution < 1.29 is 5.11 Å². The number of benzene rings is 1. The Balaban J connectivity index is 1.51. The monoisotopic (exact) mass is 369 g/mol. The largest absolute Gasteiger partial charge is 0.385 e. The Morgan fingerprint density at radius 1 is 1.19 bits per heavy atom. The van der Waals surface area contributed by atoms with Crippen LogP contribution in [0.1, 0.15) is 36.0 Å². The molecule has 4 nitrogen and oxygen atoms in total. The first kappa shape index (κ1) is 18.0. The average Bonchev–Trinajstić information content (AvgIpc) is 3.07. The summed E-state index contributed by atoms with van der Waals surface area (Å²) in [5.74, 6) is 0.881. The summed E-state index contributed by atoms with van der Waals surface area (Å²) < 4.78 is 0. The van der Waals surface area contributed by atoms with Crippen LogP contribution in [-0.2, 0) is 12.1 Å². The summed E-state index contributed by atoms with van der Waals surface area (Å²) in [6.07, 6.45) is 9.06. The molecule has 1 aliphatic heterocycles. The van der Waals surface area contributed by atoms with Crippen molar-refractivity contribution in [1.29, 1.82) is 0 Å². The van der Waals surface area contributed by atoms with E-state index < -0.39 is 5.60 Å². The molecule has 138 valence electrons. The van der Waals surface area contributed by atoms with Crippen molar-refractivity contribution in [3.05, 3.63) is 53.3 Å². The van der Waals surface area contributed by atoms with Crippen LogP contribution in [-0.4, -0.2) is 39.3 Å². The molecule has 1 saturated heterocycles. The van der Waals surface area contributed by atoms with Crippen molar-refractivity contribution in [3.63, 3.8) is 0 Å². The first-order chi connectivity index (χ1) is 12.6. The van der Waals surface area contributed by atoms with Crippen LogP contribution in [0, 0.1) is 18.8 Å². The Morgan fingerprint density at radius 2 is 1.92 bits per heavy atom. The van der Waals surface area contributed by atoms with Crippen LogP contribution in [0.5, 0.6) is 0 Å². The van der Waals surface area contributed by atoms with Crippen LogP contribution in [0.3, 0.4) is 0 Å². The molecule has 1 aromatic carbocycles. The Labute approximate surface area is 160 Å². The molecule has 26 heavy (non-hydrogen) atoms. The van der Waals surface area contributed by atoms with E-state index in [4.69, 9.17) is 0 Å². The summed E-state index contributed by atoms with van der Waals surface area (Å²) in [4.78, 5) is 11.2. The van der Waals surface area contributed by atoms with Gasteiger partial charge in [-0.15, -0.1) is 0 Å². The molecule has 0 amide bonds. The summed E-state index contributed by atoms with van der Waals surface area (Å²) in [6, 6.07) is 8.48. The van der Waals surface area contributed by atoms with Gasteiger partial charge in [-0.25, -0.2) is 9.97 Å². The second-order valence-corrected chi connectivity index (χ2v) is 8.59. The fraction of sp³-hybridized carbons (Fsp3) is 0.524. The number of nitrogens with zero attached hydrogens (tertiary/aromatic N) is 3. The molecule has 1 N–H and O–H groups in total.